The van der Waals surface area contributed by atoms with Gasteiger partial charge >= 0.3 is 0 Å². The van der Waals surface area contributed by atoms with Crippen LogP contribution in [0.3, 0.4) is 0 Å². The minimum Gasteiger partial charge on any atom is -0.348 e. The Hall–Kier alpha value is -3.75. The summed E-state index contributed by atoms with van der Waals surface area (Å²) in [6.07, 6.45) is 1.59. The maximum atomic E-state index is 13.0. The summed E-state index contributed by atoms with van der Waals surface area (Å²) in [5.41, 5.74) is 2.49. The van der Waals surface area contributed by atoms with Crippen LogP contribution in [0, 0.1) is 0 Å². The van der Waals surface area contributed by atoms with Gasteiger partial charge in [0.05, 0.1) is 16.8 Å². The number of hydrogen-bond acceptors (Lipinski definition) is 6. The van der Waals surface area contributed by atoms with Crippen LogP contribution in [0.2, 0.25) is 5.02 Å². The van der Waals surface area contributed by atoms with E-state index in [2.05, 4.69) is 20.6 Å². The van der Waals surface area contributed by atoms with Gasteiger partial charge in [-0.2, -0.15) is 0 Å². The van der Waals surface area contributed by atoms with E-state index in [0.29, 0.717) is 11.4 Å². The quantitative estimate of drug-likeness (QED) is 0.298. The molecule has 168 valence electrons. The number of hydrazine groups is 1. The zero-order valence-corrected chi connectivity index (χ0v) is 18.9. The number of hydrogen-bond donors (Lipinski definition) is 3. The summed E-state index contributed by atoms with van der Waals surface area (Å²) < 4.78 is 0. The van der Waals surface area contributed by atoms with E-state index in [1.54, 1.807) is 30.5 Å². The number of carbonyl (C=O) groups is 2. The van der Waals surface area contributed by atoms with Gasteiger partial charge in [-0.05, 0) is 49.7 Å². The smallest absolute Gasteiger partial charge is 0.274 e. The van der Waals surface area contributed by atoms with E-state index in [9.17, 15) is 9.59 Å². The molecule has 2 heterocycles. The maximum absolute atomic E-state index is 13.0. The lowest BCUT2D eigenvalue weighted by molar-refractivity contribution is 0.0690. The number of pyridine rings is 1. The van der Waals surface area contributed by atoms with Crippen molar-refractivity contribution in [3.8, 4) is 0 Å². The van der Waals surface area contributed by atoms with Gasteiger partial charge < -0.3 is 10.6 Å². The van der Waals surface area contributed by atoms with Crippen LogP contribution in [-0.4, -0.2) is 34.2 Å². The molecule has 0 saturated carbocycles. The number of carbonyl (C=O) groups excluding carboxylic acids is 2. The highest BCUT2D eigenvalue weighted by Crippen LogP contribution is 2.26. The van der Waals surface area contributed by atoms with Crippen molar-refractivity contribution in [2.75, 3.05) is 10.6 Å². The molecule has 0 aliphatic carbocycles. The van der Waals surface area contributed by atoms with Gasteiger partial charge in [0.25, 0.3) is 11.8 Å². The molecule has 0 saturated heterocycles. The minimum atomic E-state index is -0.455. The molecular formula is C24H23ClN6O2. The van der Waals surface area contributed by atoms with Gasteiger partial charge in [-0.15, -0.1) is 0 Å². The van der Waals surface area contributed by atoms with Crippen LogP contribution < -0.4 is 16.5 Å². The Morgan fingerprint density at radius 2 is 1.91 bits per heavy atom. The molecule has 1 aliphatic rings. The van der Waals surface area contributed by atoms with Gasteiger partial charge in [0, 0.05) is 17.3 Å². The monoisotopic (exact) mass is 462 g/mol. The molecule has 0 radical (unpaired) electrons. The fraction of sp³-hybridized carbons (Fsp3) is 0.167. The van der Waals surface area contributed by atoms with Crippen LogP contribution >= 0.6 is 11.6 Å². The maximum Gasteiger partial charge on any atom is 0.274 e. The van der Waals surface area contributed by atoms with E-state index in [0.717, 1.165) is 16.1 Å². The van der Waals surface area contributed by atoms with Gasteiger partial charge in [0.1, 0.15) is 17.7 Å². The van der Waals surface area contributed by atoms with Crippen molar-refractivity contribution < 1.29 is 9.59 Å². The fourth-order valence-electron chi connectivity index (χ4n) is 3.40. The minimum absolute atomic E-state index is 0.127. The van der Waals surface area contributed by atoms with E-state index >= 15 is 0 Å². The highest BCUT2D eigenvalue weighted by atomic mass is 35.5. The predicted molar refractivity (Wildman–Crippen MR) is 130 cm³/mol. The first-order valence-corrected chi connectivity index (χ1v) is 10.8. The highest BCUT2D eigenvalue weighted by Gasteiger charge is 2.21. The van der Waals surface area contributed by atoms with Gasteiger partial charge in [0.15, 0.2) is 0 Å². The number of amides is 2. The number of nitrogens with one attached hydrogen (secondary N) is 2. The lowest BCUT2D eigenvalue weighted by atomic mass is 10.1. The molecule has 2 aromatic carbocycles. The zero-order chi connectivity index (χ0) is 23.5. The Balaban J connectivity index is 1.53. The molecule has 9 heteroatoms. The molecular weight excluding hydrogens is 440 g/mol. The molecule has 2 amide bonds. The number of aliphatic imine (C=N–C) groups is 1. The highest BCUT2D eigenvalue weighted by molar-refractivity contribution is 6.34. The standard InChI is InChI=1S/C24H23ClN6O2/c1-14(16-6-4-3-5-7-16)31(26)24(33)17-8-10-19(25)21(12-17)30-23(32)20-11-9-18-13-27-15(2)28-22(18)29-20/h3-15H,26H2,1-2H3,(H,28,29)(H,30,32). The topological polar surface area (TPSA) is 113 Å². The van der Waals surface area contributed by atoms with Crippen LogP contribution in [-0.2, 0) is 0 Å². The summed E-state index contributed by atoms with van der Waals surface area (Å²) in [6, 6.07) is 17.1. The van der Waals surface area contributed by atoms with Crippen LogP contribution in [0.4, 0.5) is 11.5 Å². The van der Waals surface area contributed by atoms with Crippen LogP contribution in [0.15, 0.2) is 65.7 Å². The van der Waals surface area contributed by atoms with Gasteiger partial charge in [-0.25, -0.2) is 10.8 Å². The molecule has 3 aromatic rings. The Kier molecular flexibility index (Phi) is 6.39. The summed E-state index contributed by atoms with van der Waals surface area (Å²) in [5, 5.41) is 7.29. The molecule has 33 heavy (non-hydrogen) atoms. The number of nitrogens with two attached hydrogens (primary N) is 1. The number of fused-ring (bicyclic) bond motifs is 1. The average Bonchev–Trinajstić information content (AvgIpc) is 2.84. The second kappa shape index (κ2) is 9.40. The van der Waals surface area contributed by atoms with E-state index in [-0.39, 0.29) is 28.6 Å². The molecule has 2 atom stereocenters. The molecule has 0 fully saturated rings. The third kappa shape index (κ3) is 4.87. The lowest BCUT2D eigenvalue weighted by Crippen LogP contribution is -2.39. The zero-order valence-electron chi connectivity index (χ0n) is 18.1. The first kappa shape index (κ1) is 22.4. The Morgan fingerprint density at radius 3 is 2.67 bits per heavy atom. The van der Waals surface area contributed by atoms with Crippen molar-refractivity contribution in [2.45, 2.75) is 26.1 Å². The van der Waals surface area contributed by atoms with Crippen molar-refractivity contribution in [1.82, 2.24) is 9.99 Å². The van der Waals surface area contributed by atoms with E-state index < -0.39 is 11.8 Å². The molecule has 4 rings (SSSR count). The SMILES string of the molecule is CC1N=Cc2ccc(C(=O)Nc3cc(C(=O)N(N)C(C)c4ccccc4)ccc3Cl)nc2N1. The Labute approximate surface area is 196 Å². The first-order valence-electron chi connectivity index (χ1n) is 10.4. The number of aromatic nitrogens is 1. The lowest BCUT2D eigenvalue weighted by Gasteiger charge is -2.25. The molecule has 0 bridgehead atoms. The molecule has 0 spiro atoms. The summed E-state index contributed by atoms with van der Waals surface area (Å²) in [4.78, 5) is 34.4. The van der Waals surface area contributed by atoms with Crippen LogP contribution in [0.5, 0.6) is 0 Å². The van der Waals surface area contributed by atoms with Crippen molar-refractivity contribution >= 4 is 41.1 Å². The number of rotatable bonds is 5. The van der Waals surface area contributed by atoms with Crippen LogP contribution in [0.25, 0.3) is 0 Å². The third-order valence-electron chi connectivity index (χ3n) is 5.34. The first-order chi connectivity index (χ1) is 15.8. The van der Waals surface area contributed by atoms with Crippen LogP contribution in [0.1, 0.15) is 51.9 Å². The van der Waals surface area contributed by atoms with Crippen molar-refractivity contribution in [2.24, 2.45) is 10.8 Å². The summed E-state index contributed by atoms with van der Waals surface area (Å²) in [7, 11) is 0. The van der Waals surface area contributed by atoms with Crippen molar-refractivity contribution in [3.05, 3.63) is 88.1 Å². The Morgan fingerprint density at radius 1 is 1.15 bits per heavy atom. The third-order valence-corrected chi connectivity index (χ3v) is 5.67. The van der Waals surface area contributed by atoms with Gasteiger partial charge in [-0.3, -0.25) is 19.6 Å². The number of halogens is 1. The molecule has 1 aliphatic heterocycles. The predicted octanol–water partition coefficient (Wildman–Crippen LogP) is 4.25. The second-order valence-electron chi connectivity index (χ2n) is 7.68. The fourth-order valence-corrected chi connectivity index (χ4v) is 3.57. The normalized spacial score (nSPS) is 15.2. The molecule has 8 nitrogen and oxygen atoms in total. The molecule has 4 N–H and O–H groups in total. The Bertz CT molecular complexity index is 1230. The van der Waals surface area contributed by atoms with Gasteiger partial charge in [0.2, 0.25) is 0 Å². The van der Waals surface area contributed by atoms with E-state index in [1.807, 2.05) is 44.2 Å². The molecule has 1 aromatic heterocycles. The van der Waals surface area contributed by atoms with E-state index in [1.165, 1.54) is 6.07 Å². The summed E-state index contributed by atoms with van der Waals surface area (Å²) in [6.45, 7) is 3.72. The average molecular weight is 463 g/mol. The largest absolute Gasteiger partial charge is 0.348 e. The summed E-state index contributed by atoms with van der Waals surface area (Å²) in [5.74, 6) is 5.84. The van der Waals surface area contributed by atoms with Crippen molar-refractivity contribution in [3.63, 3.8) is 0 Å². The number of anilines is 2. The van der Waals surface area contributed by atoms with Gasteiger partial charge in [-0.1, -0.05) is 41.9 Å². The number of nitrogens with zero attached hydrogens (tertiary/aromatic N) is 3. The van der Waals surface area contributed by atoms with Crippen molar-refractivity contribution in [1.29, 1.82) is 0 Å². The molecule has 2 unspecified atom stereocenters. The van der Waals surface area contributed by atoms with E-state index in [4.69, 9.17) is 17.4 Å². The second-order valence-corrected chi connectivity index (χ2v) is 8.09. The summed E-state index contributed by atoms with van der Waals surface area (Å²) >= 11 is 6.28. The number of benzene rings is 2.